The van der Waals surface area contributed by atoms with E-state index in [2.05, 4.69) is 0 Å². The van der Waals surface area contributed by atoms with Gasteiger partial charge in [-0.2, -0.15) is 41.5 Å². The van der Waals surface area contributed by atoms with Crippen molar-refractivity contribution in [1.29, 1.82) is 0 Å². The predicted molar refractivity (Wildman–Crippen MR) is 46.9 cm³/mol. The van der Waals surface area contributed by atoms with E-state index < -0.39 is 0 Å². The molecule has 0 aliphatic heterocycles. The molecule has 0 spiro atoms. The molecule has 70 valence electrons. The van der Waals surface area contributed by atoms with Gasteiger partial charge in [-0.25, -0.2) is 0 Å². The molecule has 10 heavy (non-hydrogen) atoms. The van der Waals surface area contributed by atoms with Gasteiger partial charge in [-0.05, 0) is 0 Å². The van der Waals surface area contributed by atoms with Gasteiger partial charge in [0.05, 0.1) is 0 Å². The predicted octanol–water partition coefficient (Wildman–Crippen LogP) is 3.69. The van der Waals surface area contributed by atoms with Crippen LogP contribution in [0.15, 0.2) is 0 Å². The molecule has 0 N–H and O–H groups in total. The second-order valence-electron chi connectivity index (χ2n) is 1.73. The Balaban J connectivity index is -0.0000000257. The molecule has 0 aromatic heterocycles. The summed E-state index contributed by atoms with van der Waals surface area (Å²) in [6.45, 7) is 12.0. The van der Waals surface area contributed by atoms with Gasteiger partial charge in [0, 0.05) is 21.1 Å². The van der Waals surface area contributed by atoms with Crippen molar-refractivity contribution in [3.05, 3.63) is 19.3 Å². The number of hydrogen-bond acceptors (Lipinski definition) is 0. The monoisotopic (exact) mass is 324 g/mol. The van der Waals surface area contributed by atoms with Crippen molar-refractivity contribution in [3.63, 3.8) is 0 Å². The minimum atomic E-state index is 0. The first-order chi connectivity index (χ1) is 4.24. The second-order valence-corrected chi connectivity index (χ2v) is 1.73. The van der Waals surface area contributed by atoms with Gasteiger partial charge >= 0.3 is 0 Å². The van der Waals surface area contributed by atoms with Gasteiger partial charge in [-0.1, -0.05) is 0 Å². The summed E-state index contributed by atoms with van der Waals surface area (Å²) >= 11 is 0. The van der Waals surface area contributed by atoms with Crippen LogP contribution in [0.3, 0.4) is 0 Å². The Hall–Kier alpha value is 0.688. The molecule has 0 unspecified atom stereocenters. The summed E-state index contributed by atoms with van der Waals surface area (Å²) in [5.41, 5.74) is 0. The largest absolute Gasteiger partial charge is 0.335 e. The van der Waals surface area contributed by atoms with Crippen molar-refractivity contribution >= 4 is 0 Å². The topological polar surface area (TPSA) is 0 Å². The molecule has 0 aliphatic rings. The summed E-state index contributed by atoms with van der Waals surface area (Å²) in [5, 5.41) is 0. The first kappa shape index (κ1) is 22.4. The Kier molecular flexibility index (Phi) is 121. The Morgan fingerprint density at radius 1 is 0.500 bits per heavy atom. The SMILES string of the molecule is C[CH-]C.C[CH-]C.C[CH-]C.[Pt]. The van der Waals surface area contributed by atoms with E-state index in [9.17, 15) is 0 Å². The van der Waals surface area contributed by atoms with Crippen LogP contribution >= 0.6 is 0 Å². The molecule has 0 aromatic rings. The molecule has 0 amide bonds. The van der Waals surface area contributed by atoms with Crippen LogP contribution in [0.5, 0.6) is 0 Å². The van der Waals surface area contributed by atoms with Crippen LogP contribution in [0.2, 0.25) is 0 Å². The van der Waals surface area contributed by atoms with Gasteiger partial charge in [0.2, 0.25) is 0 Å². The summed E-state index contributed by atoms with van der Waals surface area (Å²) in [6, 6.07) is 0. The van der Waals surface area contributed by atoms with Crippen molar-refractivity contribution in [3.8, 4) is 0 Å². The average molecular weight is 324 g/mol. The summed E-state index contributed by atoms with van der Waals surface area (Å²) in [5.74, 6) is 0. The van der Waals surface area contributed by atoms with E-state index >= 15 is 0 Å². The molecule has 0 nitrogen and oxygen atoms in total. The Bertz CT molecular complexity index is 9.44. The van der Waals surface area contributed by atoms with E-state index in [1.54, 1.807) is 0 Å². The minimum absolute atomic E-state index is 0. The molecule has 0 rings (SSSR count). The van der Waals surface area contributed by atoms with Gasteiger partial charge < -0.3 is 19.3 Å². The third-order valence-corrected chi connectivity index (χ3v) is 0. The van der Waals surface area contributed by atoms with Crippen LogP contribution in [0.1, 0.15) is 41.5 Å². The van der Waals surface area contributed by atoms with Crippen molar-refractivity contribution in [2.75, 3.05) is 0 Å². The molecule has 0 heterocycles. The summed E-state index contributed by atoms with van der Waals surface area (Å²) in [6.07, 6.45) is 6.00. The molecule has 0 atom stereocenters. The van der Waals surface area contributed by atoms with E-state index in [1.807, 2.05) is 60.8 Å². The molecule has 0 aromatic carbocycles. The van der Waals surface area contributed by atoms with Gasteiger partial charge in [0.25, 0.3) is 0 Å². The number of hydrogen-bond donors (Lipinski definition) is 0. The quantitative estimate of drug-likeness (QED) is 0.596. The van der Waals surface area contributed by atoms with E-state index in [4.69, 9.17) is 0 Å². The Morgan fingerprint density at radius 2 is 0.500 bits per heavy atom. The fraction of sp³-hybridized carbons (Fsp3) is 0.667. The van der Waals surface area contributed by atoms with Gasteiger partial charge in [0.15, 0.2) is 0 Å². The zero-order chi connectivity index (χ0) is 8.12. The van der Waals surface area contributed by atoms with Gasteiger partial charge in [-0.15, -0.1) is 0 Å². The van der Waals surface area contributed by atoms with Gasteiger partial charge in [0.1, 0.15) is 0 Å². The molecule has 0 aliphatic carbocycles. The second kappa shape index (κ2) is 53.8. The summed E-state index contributed by atoms with van der Waals surface area (Å²) < 4.78 is 0. The zero-order valence-corrected chi connectivity index (χ0v) is 10.3. The first-order valence-electron chi connectivity index (χ1n) is 3.46. The average Bonchev–Trinajstić information content (AvgIpc) is 1.70. The molecule has 0 fully saturated rings. The molecule has 1 heteroatoms. The van der Waals surface area contributed by atoms with Crippen LogP contribution in [-0.4, -0.2) is 0 Å². The fourth-order valence-electron chi connectivity index (χ4n) is 0. The Morgan fingerprint density at radius 3 is 0.500 bits per heavy atom. The third kappa shape index (κ3) is 1080. The maximum atomic E-state index is 2.00. The van der Waals surface area contributed by atoms with E-state index in [0.717, 1.165) is 0 Å². The van der Waals surface area contributed by atoms with Crippen LogP contribution in [-0.2, 0) is 21.1 Å². The molecular weight excluding hydrogens is 303 g/mol. The standard InChI is InChI=1S/3C3H7.Pt/c3*1-3-2;/h3*3H,1-2H3;/q3*-1;. The fourth-order valence-corrected chi connectivity index (χ4v) is 0. The zero-order valence-electron chi connectivity index (χ0n) is 8.05. The summed E-state index contributed by atoms with van der Waals surface area (Å²) in [7, 11) is 0. The van der Waals surface area contributed by atoms with E-state index in [1.165, 1.54) is 0 Å². The van der Waals surface area contributed by atoms with Crippen molar-refractivity contribution in [1.82, 2.24) is 0 Å². The molecule has 0 saturated carbocycles. The van der Waals surface area contributed by atoms with Crippen molar-refractivity contribution in [2.45, 2.75) is 41.5 Å². The van der Waals surface area contributed by atoms with Crippen LogP contribution < -0.4 is 0 Å². The van der Waals surface area contributed by atoms with E-state index in [-0.39, 0.29) is 21.1 Å². The molecule has 0 saturated heterocycles. The van der Waals surface area contributed by atoms with Crippen LogP contribution in [0, 0.1) is 19.3 Å². The van der Waals surface area contributed by atoms with Crippen molar-refractivity contribution in [2.24, 2.45) is 0 Å². The minimum Gasteiger partial charge on any atom is -0.335 e. The normalized spacial score (nSPS) is 5.40. The third-order valence-electron chi connectivity index (χ3n) is 0. The number of rotatable bonds is 0. The van der Waals surface area contributed by atoms with Gasteiger partial charge in [-0.3, -0.25) is 0 Å². The smallest absolute Gasteiger partial charge is 0 e. The molecule has 0 bridgehead atoms. The van der Waals surface area contributed by atoms with Crippen LogP contribution in [0.25, 0.3) is 0 Å². The first-order valence-corrected chi connectivity index (χ1v) is 3.46. The maximum Gasteiger partial charge on any atom is 0 e. The Labute approximate surface area is 82.1 Å². The van der Waals surface area contributed by atoms with Crippen molar-refractivity contribution < 1.29 is 21.1 Å². The van der Waals surface area contributed by atoms with Crippen LogP contribution in [0.4, 0.5) is 0 Å². The maximum absolute atomic E-state index is 2.00. The summed E-state index contributed by atoms with van der Waals surface area (Å²) in [4.78, 5) is 0. The van der Waals surface area contributed by atoms with E-state index in [0.29, 0.717) is 0 Å². The molecule has 0 radical (unpaired) electrons. The molecular formula is C9H21Pt-3.